The van der Waals surface area contributed by atoms with Crippen LogP contribution in [0, 0.1) is 0 Å². The van der Waals surface area contributed by atoms with Crippen molar-refractivity contribution in [1.29, 1.82) is 0 Å². The number of ether oxygens (including phenoxy) is 5. The van der Waals surface area contributed by atoms with Gasteiger partial charge in [-0.15, -0.1) is 0 Å². The first kappa shape index (κ1) is 18.4. The highest BCUT2D eigenvalue weighted by Crippen LogP contribution is 2.29. The van der Waals surface area contributed by atoms with Gasteiger partial charge in [-0.1, -0.05) is 34.1 Å². The molecule has 128 valence electrons. The molecule has 0 unspecified atom stereocenters. The second-order valence-corrected chi connectivity index (χ2v) is 5.72. The van der Waals surface area contributed by atoms with Crippen LogP contribution in [0.2, 0.25) is 0 Å². The summed E-state index contributed by atoms with van der Waals surface area (Å²) in [6.45, 7) is 0. The maximum absolute atomic E-state index is 12.4. The van der Waals surface area contributed by atoms with Crippen LogP contribution in [-0.4, -0.2) is 63.3 Å². The molecule has 0 aliphatic carbocycles. The first-order valence-electron chi connectivity index (χ1n) is 7.22. The molecular formula is C16H21BrO6. The maximum Gasteiger partial charge on any atom is 0.338 e. The van der Waals surface area contributed by atoms with Crippen LogP contribution in [0.3, 0.4) is 0 Å². The molecule has 1 aromatic carbocycles. The monoisotopic (exact) mass is 388 g/mol. The molecule has 0 saturated carbocycles. The molecule has 0 bridgehead atoms. The van der Waals surface area contributed by atoms with Crippen LogP contribution in [0.4, 0.5) is 0 Å². The van der Waals surface area contributed by atoms with Crippen molar-refractivity contribution in [3.63, 3.8) is 0 Å². The van der Waals surface area contributed by atoms with Gasteiger partial charge in [-0.3, -0.25) is 0 Å². The van der Waals surface area contributed by atoms with Gasteiger partial charge in [0, 0.05) is 26.7 Å². The number of methoxy groups -OCH3 is 3. The first-order valence-corrected chi connectivity index (χ1v) is 8.34. The Morgan fingerprint density at radius 1 is 1.04 bits per heavy atom. The number of esters is 1. The number of rotatable bonds is 6. The minimum absolute atomic E-state index is 0.413. The quantitative estimate of drug-likeness (QED) is 0.548. The average Bonchev–Trinajstić information content (AvgIpc) is 2.61. The van der Waals surface area contributed by atoms with E-state index >= 15 is 0 Å². The van der Waals surface area contributed by atoms with Gasteiger partial charge in [-0.2, -0.15) is 0 Å². The molecule has 1 aliphatic heterocycles. The van der Waals surface area contributed by atoms with Crippen molar-refractivity contribution >= 4 is 21.9 Å². The van der Waals surface area contributed by atoms with E-state index in [-0.39, 0.29) is 0 Å². The van der Waals surface area contributed by atoms with Gasteiger partial charge in [0.1, 0.15) is 18.3 Å². The minimum atomic E-state index is -0.622. The summed E-state index contributed by atoms with van der Waals surface area (Å²) in [5.41, 5.74) is 0.471. The van der Waals surface area contributed by atoms with Gasteiger partial charge in [0.15, 0.2) is 12.4 Å². The standard InChI is InChI=1S/C16H21BrO6/c1-19-13-12(23-15(18)10-7-5-4-6-8-10)11(9-17)22-16(21-3)14(13)20-2/h4-8,11-14,16H,9H2,1-3H3/t11-,12-,13+,14-,16+/m1/s1. The number of halogens is 1. The van der Waals surface area contributed by atoms with Crippen LogP contribution < -0.4 is 0 Å². The van der Waals surface area contributed by atoms with E-state index in [1.54, 1.807) is 31.4 Å². The van der Waals surface area contributed by atoms with Gasteiger partial charge in [-0.25, -0.2) is 4.79 Å². The van der Waals surface area contributed by atoms with Crippen molar-refractivity contribution in [3.8, 4) is 0 Å². The normalized spacial score (nSPS) is 30.9. The van der Waals surface area contributed by atoms with Crippen LogP contribution in [0.15, 0.2) is 30.3 Å². The Balaban J connectivity index is 2.20. The van der Waals surface area contributed by atoms with Crippen molar-refractivity contribution in [1.82, 2.24) is 0 Å². The van der Waals surface area contributed by atoms with Gasteiger partial charge in [0.05, 0.1) is 5.56 Å². The lowest BCUT2D eigenvalue weighted by Crippen LogP contribution is -2.61. The van der Waals surface area contributed by atoms with Crippen LogP contribution >= 0.6 is 15.9 Å². The summed E-state index contributed by atoms with van der Waals surface area (Å²) in [5, 5.41) is 0.468. The summed E-state index contributed by atoms with van der Waals surface area (Å²) in [5.74, 6) is -0.432. The second-order valence-electron chi connectivity index (χ2n) is 5.07. The van der Waals surface area contributed by atoms with E-state index in [0.717, 1.165) is 0 Å². The molecule has 23 heavy (non-hydrogen) atoms. The van der Waals surface area contributed by atoms with E-state index in [1.165, 1.54) is 14.2 Å². The number of benzene rings is 1. The van der Waals surface area contributed by atoms with E-state index in [0.29, 0.717) is 10.9 Å². The molecule has 0 aromatic heterocycles. The smallest absolute Gasteiger partial charge is 0.338 e. The Morgan fingerprint density at radius 3 is 2.22 bits per heavy atom. The zero-order chi connectivity index (χ0) is 16.8. The third-order valence-electron chi connectivity index (χ3n) is 3.77. The zero-order valence-electron chi connectivity index (χ0n) is 13.3. The van der Waals surface area contributed by atoms with E-state index < -0.39 is 36.7 Å². The fraction of sp³-hybridized carbons (Fsp3) is 0.562. The van der Waals surface area contributed by atoms with Crippen molar-refractivity contribution in [2.24, 2.45) is 0 Å². The summed E-state index contributed by atoms with van der Waals surface area (Å²) in [6, 6.07) is 8.79. The SMILES string of the molecule is CO[C@H]1O[C@H](CBr)[C@@H](OC(=O)c2ccccc2)[C@H](OC)[C@H]1OC. The van der Waals surface area contributed by atoms with Crippen molar-refractivity contribution < 1.29 is 28.5 Å². The van der Waals surface area contributed by atoms with E-state index in [2.05, 4.69) is 15.9 Å². The van der Waals surface area contributed by atoms with Crippen molar-refractivity contribution in [3.05, 3.63) is 35.9 Å². The molecule has 0 radical (unpaired) electrons. The predicted molar refractivity (Wildman–Crippen MR) is 86.7 cm³/mol. The van der Waals surface area contributed by atoms with Gasteiger partial charge in [-0.05, 0) is 12.1 Å². The molecule has 1 aromatic rings. The Hall–Kier alpha value is -0.990. The molecule has 1 heterocycles. The number of hydrogen-bond acceptors (Lipinski definition) is 6. The highest BCUT2D eigenvalue weighted by molar-refractivity contribution is 9.09. The second kappa shape index (κ2) is 8.75. The largest absolute Gasteiger partial charge is 0.453 e. The summed E-state index contributed by atoms with van der Waals surface area (Å²) >= 11 is 3.38. The summed E-state index contributed by atoms with van der Waals surface area (Å²) in [6.07, 6.45) is -2.64. The fourth-order valence-electron chi connectivity index (χ4n) is 2.62. The van der Waals surface area contributed by atoms with E-state index in [9.17, 15) is 4.79 Å². The van der Waals surface area contributed by atoms with Crippen LogP contribution in [0.25, 0.3) is 0 Å². The lowest BCUT2D eigenvalue weighted by Gasteiger charge is -2.43. The zero-order valence-corrected chi connectivity index (χ0v) is 14.9. The Morgan fingerprint density at radius 2 is 1.70 bits per heavy atom. The molecule has 2 rings (SSSR count). The summed E-state index contributed by atoms with van der Waals surface area (Å²) in [7, 11) is 4.62. The summed E-state index contributed by atoms with van der Waals surface area (Å²) < 4.78 is 27.7. The Kier molecular flexibility index (Phi) is 6.98. The average molecular weight is 389 g/mol. The number of alkyl halides is 1. The van der Waals surface area contributed by atoms with Crippen molar-refractivity contribution in [2.75, 3.05) is 26.7 Å². The van der Waals surface area contributed by atoms with Crippen LogP contribution in [0.1, 0.15) is 10.4 Å². The number of hydrogen-bond donors (Lipinski definition) is 0. The lowest BCUT2D eigenvalue weighted by atomic mass is 9.99. The summed E-state index contributed by atoms with van der Waals surface area (Å²) in [4.78, 5) is 12.4. The molecule has 7 heteroatoms. The first-order chi connectivity index (χ1) is 11.2. The molecule has 1 aliphatic rings. The Bertz CT molecular complexity index is 497. The predicted octanol–water partition coefficient (Wildman–Crippen LogP) is 2.01. The topological polar surface area (TPSA) is 63.2 Å². The lowest BCUT2D eigenvalue weighted by molar-refractivity contribution is -0.293. The van der Waals surface area contributed by atoms with Crippen LogP contribution in [-0.2, 0) is 23.7 Å². The fourth-order valence-corrected chi connectivity index (χ4v) is 3.14. The third kappa shape index (κ3) is 4.10. The molecule has 0 N–H and O–H groups in total. The minimum Gasteiger partial charge on any atom is -0.453 e. The van der Waals surface area contributed by atoms with Gasteiger partial charge in [0.25, 0.3) is 0 Å². The highest BCUT2D eigenvalue weighted by Gasteiger charge is 2.48. The molecule has 6 nitrogen and oxygen atoms in total. The molecule has 1 saturated heterocycles. The number of carbonyl (C=O) groups excluding carboxylic acids is 1. The van der Waals surface area contributed by atoms with Gasteiger partial charge >= 0.3 is 5.97 Å². The van der Waals surface area contributed by atoms with E-state index in [4.69, 9.17) is 23.7 Å². The molecule has 0 spiro atoms. The molecule has 0 amide bonds. The van der Waals surface area contributed by atoms with Crippen molar-refractivity contribution in [2.45, 2.75) is 30.7 Å². The van der Waals surface area contributed by atoms with Gasteiger partial charge < -0.3 is 23.7 Å². The molecule has 1 fully saturated rings. The highest BCUT2D eigenvalue weighted by atomic mass is 79.9. The number of carbonyl (C=O) groups is 1. The van der Waals surface area contributed by atoms with Crippen LogP contribution in [0.5, 0.6) is 0 Å². The Labute approximate surface area is 144 Å². The third-order valence-corrected chi connectivity index (χ3v) is 4.41. The molecular weight excluding hydrogens is 368 g/mol. The van der Waals surface area contributed by atoms with Gasteiger partial charge in [0.2, 0.25) is 0 Å². The maximum atomic E-state index is 12.4. The molecule has 5 atom stereocenters. The van der Waals surface area contributed by atoms with E-state index in [1.807, 2.05) is 6.07 Å².